The largest absolute Gasteiger partial charge is 0.395 e. The number of hydrogen-bond donors (Lipinski definition) is 3. The Morgan fingerprint density at radius 3 is 2.41 bits per heavy atom. The Morgan fingerprint density at radius 2 is 1.77 bits per heavy atom. The minimum atomic E-state index is -3.77. The lowest BCUT2D eigenvalue weighted by atomic mass is 9.92. The third-order valence-electron chi connectivity index (χ3n) is 8.15. The number of nitrogens with one attached hydrogen (secondary N) is 2. The van der Waals surface area contributed by atoms with Crippen molar-refractivity contribution in [1.29, 1.82) is 0 Å². The van der Waals surface area contributed by atoms with E-state index in [1.807, 2.05) is 0 Å². The van der Waals surface area contributed by atoms with Gasteiger partial charge in [0.1, 0.15) is 5.69 Å². The number of sulfonamides is 1. The quantitative estimate of drug-likeness (QED) is 0.447. The molecule has 1 amide bonds. The summed E-state index contributed by atoms with van der Waals surface area (Å²) in [6, 6.07) is 5.47. The van der Waals surface area contributed by atoms with Gasteiger partial charge in [0.25, 0.3) is 11.5 Å². The highest BCUT2D eigenvalue weighted by molar-refractivity contribution is 7.92. The number of piperidine rings is 1. The molecule has 212 valence electrons. The molecule has 13 heteroatoms. The Labute approximate surface area is 225 Å². The zero-order valence-corrected chi connectivity index (χ0v) is 22.4. The van der Waals surface area contributed by atoms with Gasteiger partial charge >= 0.3 is 0 Å². The standard InChI is InChI=1S/C26H33F2N5O5S/c27-26(28)6-3-19(4-7-26)33-24(36)21(5-12-29-33)30-23(35)20-2-1-18(31-39(37,38)16-15-34)17-22(20)32-13-10-25(8-9-25)11-14-32/h1-2,5,12,17,19,31,34H,3-4,6-11,13-16H2,(H,30,35). The SMILES string of the molecule is O=C(Nc1ccnn(C2CCC(F)(F)CC2)c1=O)c1ccc(NS(=O)(=O)CCO)cc1N1CCC2(CC1)CC2. The average Bonchev–Trinajstić information content (AvgIpc) is 3.64. The molecule has 2 heterocycles. The smallest absolute Gasteiger partial charge is 0.290 e. The van der Waals surface area contributed by atoms with E-state index < -0.39 is 45.8 Å². The topological polar surface area (TPSA) is 134 Å². The molecule has 0 unspecified atom stereocenters. The average molecular weight is 566 g/mol. The van der Waals surface area contributed by atoms with E-state index in [1.54, 1.807) is 6.07 Å². The summed E-state index contributed by atoms with van der Waals surface area (Å²) in [6.07, 6.45) is 5.30. The molecule has 1 saturated heterocycles. The predicted octanol–water partition coefficient (Wildman–Crippen LogP) is 3.36. The third kappa shape index (κ3) is 6.24. The van der Waals surface area contributed by atoms with Gasteiger partial charge in [-0.1, -0.05) is 0 Å². The van der Waals surface area contributed by atoms with Crippen LogP contribution >= 0.6 is 0 Å². The first-order valence-electron chi connectivity index (χ1n) is 13.3. The van der Waals surface area contributed by atoms with Gasteiger partial charge in [0, 0.05) is 32.1 Å². The zero-order valence-electron chi connectivity index (χ0n) is 21.5. The van der Waals surface area contributed by atoms with Crippen LogP contribution in [0.15, 0.2) is 35.3 Å². The van der Waals surface area contributed by atoms with Gasteiger partial charge < -0.3 is 15.3 Å². The molecule has 1 aromatic heterocycles. The third-order valence-corrected chi connectivity index (χ3v) is 9.42. The number of alkyl halides is 2. The number of aliphatic hydroxyl groups is 1. The van der Waals surface area contributed by atoms with E-state index in [-0.39, 0.29) is 42.6 Å². The lowest BCUT2D eigenvalue weighted by Gasteiger charge is -2.35. The maximum atomic E-state index is 13.6. The van der Waals surface area contributed by atoms with Crippen LogP contribution in [0.5, 0.6) is 0 Å². The molecule has 2 saturated carbocycles. The van der Waals surface area contributed by atoms with Crippen LogP contribution in [-0.2, 0) is 10.0 Å². The molecule has 1 aliphatic heterocycles. The number of carbonyl (C=O) groups excluding carboxylic acids is 1. The molecule has 1 aromatic carbocycles. The number of rotatable bonds is 8. The first-order chi connectivity index (χ1) is 18.5. The van der Waals surface area contributed by atoms with Crippen LogP contribution in [0.3, 0.4) is 0 Å². The number of carbonyl (C=O) groups is 1. The number of anilines is 3. The fourth-order valence-electron chi connectivity index (χ4n) is 5.54. The van der Waals surface area contributed by atoms with Crippen molar-refractivity contribution in [2.24, 2.45) is 5.41 Å². The predicted molar refractivity (Wildman–Crippen MR) is 143 cm³/mol. The maximum Gasteiger partial charge on any atom is 0.290 e. The highest BCUT2D eigenvalue weighted by atomic mass is 32.2. The van der Waals surface area contributed by atoms with Crippen molar-refractivity contribution in [2.75, 3.05) is 40.4 Å². The molecule has 0 radical (unpaired) electrons. The van der Waals surface area contributed by atoms with Crippen molar-refractivity contribution in [2.45, 2.75) is 63.3 Å². The molecule has 1 spiro atoms. The van der Waals surface area contributed by atoms with Crippen LogP contribution in [0.25, 0.3) is 0 Å². The summed E-state index contributed by atoms with van der Waals surface area (Å²) in [6.45, 7) is 0.895. The van der Waals surface area contributed by atoms with Gasteiger partial charge in [0.05, 0.1) is 35.3 Å². The molecule has 2 aliphatic carbocycles. The van der Waals surface area contributed by atoms with Gasteiger partial charge in [0.15, 0.2) is 0 Å². The van der Waals surface area contributed by atoms with Crippen LogP contribution in [0.1, 0.15) is 67.8 Å². The van der Waals surface area contributed by atoms with Crippen molar-refractivity contribution < 1.29 is 27.1 Å². The Kier molecular flexibility index (Phi) is 7.40. The summed E-state index contributed by atoms with van der Waals surface area (Å²) in [5.41, 5.74) is 0.876. The maximum absolute atomic E-state index is 13.6. The number of amides is 1. The van der Waals surface area contributed by atoms with Gasteiger partial charge in [-0.2, -0.15) is 5.10 Å². The van der Waals surface area contributed by atoms with Gasteiger partial charge in [-0.05, 0) is 68.2 Å². The highest BCUT2D eigenvalue weighted by Crippen LogP contribution is 2.54. The number of nitrogens with zero attached hydrogens (tertiary/aromatic N) is 3. The lowest BCUT2D eigenvalue weighted by Crippen LogP contribution is -2.36. The minimum absolute atomic E-state index is 0.0124. The molecule has 3 fully saturated rings. The van der Waals surface area contributed by atoms with Gasteiger partial charge in [0.2, 0.25) is 15.9 Å². The second kappa shape index (κ2) is 10.5. The molecule has 2 aromatic rings. The van der Waals surface area contributed by atoms with E-state index in [2.05, 4.69) is 20.0 Å². The Hall–Kier alpha value is -3.06. The number of aliphatic hydroxyl groups excluding tert-OH is 1. The summed E-state index contributed by atoms with van der Waals surface area (Å²) in [5, 5.41) is 15.8. The van der Waals surface area contributed by atoms with E-state index in [1.165, 1.54) is 41.9 Å². The van der Waals surface area contributed by atoms with Crippen molar-refractivity contribution in [3.05, 3.63) is 46.4 Å². The number of halogens is 2. The Bertz CT molecular complexity index is 1390. The molecule has 10 nitrogen and oxygen atoms in total. The molecule has 0 atom stereocenters. The number of hydrogen-bond acceptors (Lipinski definition) is 7. The summed E-state index contributed by atoms with van der Waals surface area (Å²) in [5.74, 6) is -3.75. The van der Waals surface area contributed by atoms with Crippen LogP contribution in [0.4, 0.5) is 25.8 Å². The van der Waals surface area contributed by atoms with E-state index in [4.69, 9.17) is 5.11 Å². The lowest BCUT2D eigenvalue weighted by molar-refractivity contribution is -0.0454. The first kappa shape index (κ1) is 27.5. The number of benzene rings is 1. The van der Waals surface area contributed by atoms with Crippen LogP contribution in [0, 0.1) is 5.41 Å². The first-order valence-corrected chi connectivity index (χ1v) is 14.9. The van der Waals surface area contributed by atoms with Gasteiger partial charge in [-0.3, -0.25) is 14.3 Å². The molecule has 5 rings (SSSR count). The van der Waals surface area contributed by atoms with Gasteiger partial charge in [-0.25, -0.2) is 21.9 Å². The Balaban J connectivity index is 1.40. The molecule has 0 bridgehead atoms. The normalized spacial score (nSPS) is 20.5. The van der Waals surface area contributed by atoms with Crippen LogP contribution in [0.2, 0.25) is 0 Å². The van der Waals surface area contributed by atoms with E-state index in [9.17, 15) is 26.8 Å². The molecule has 3 aliphatic rings. The molecule has 3 N–H and O–H groups in total. The Morgan fingerprint density at radius 1 is 1.08 bits per heavy atom. The molecular formula is C26H33F2N5O5S. The minimum Gasteiger partial charge on any atom is -0.395 e. The summed E-state index contributed by atoms with van der Waals surface area (Å²) in [4.78, 5) is 28.6. The molecule has 39 heavy (non-hydrogen) atoms. The second-order valence-corrected chi connectivity index (χ2v) is 12.7. The van der Waals surface area contributed by atoms with Crippen molar-refractivity contribution >= 4 is 33.0 Å². The summed E-state index contributed by atoms with van der Waals surface area (Å²) >= 11 is 0. The van der Waals surface area contributed by atoms with E-state index in [0.29, 0.717) is 24.2 Å². The summed E-state index contributed by atoms with van der Waals surface area (Å²) in [7, 11) is -3.77. The van der Waals surface area contributed by atoms with Crippen molar-refractivity contribution in [3.8, 4) is 0 Å². The van der Waals surface area contributed by atoms with Crippen molar-refractivity contribution in [1.82, 2.24) is 9.78 Å². The molecular weight excluding hydrogens is 532 g/mol. The van der Waals surface area contributed by atoms with Gasteiger partial charge in [-0.15, -0.1) is 0 Å². The van der Waals surface area contributed by atoms with Crippen LogP contribution < -0.4 is 20.5 Å². The highest BCUT2D eigenvalue weighted by Gasteiger charge is 2.44. The fourth-order valence-corrected chi connectivity index (χ4v) is 6.37. The fraction of sp³-hybridized carbons (Fsp3) is 0.577. The second-order valence-electron chi connectivity index (χ2n) is 10.9. The summed E-state index contributed by atoms with van der Waals surface area (Å²) < 4.78 is 55.3. The zero-order chi connectivity index (χ0) is 27.8. The van der Waals surface area contributed by atoms with Crippen molar-refractivity contribution in [3.63, 3.8) is 0 Å². The van der Waals surface area contributed by atoms with Crippen LogP contribution in [-0.4, -0.2) is 60.6 Å². The van der Waals surface area contributed by atoms with E-state index >= 15 is 0 Å². The monoisotopic (exact) mass is 565 g/mol. The van der Waals surface area contributed by atoms with E-state index in [0.717, 1.165) is 12.8 Å². The number of aromatic nitrogens is 2.